The highest BCUT2D eigenvalue weighted by molar-refractivity contribution is 5.84. The van der Waals surface area contributed by atoms with Crippen LogP contribution in [0.3, 0.4) is 0 Å². The van der Waals surface area contributed by atoms with Crippen LogP contribution >= 0.6 is 0 Å². The normalized spacial score (nSPS) is 19.7. The van der Waals surface area contributed by atoms with Crippen molar-refractivity contribution in [2.75, 3.05) is 26.2 Å². The van der Waals surface area contributed by atoms with Crippen LogP contribution < -0.4 is 5.32 Å². The number of hydrogen-bond acceptors (Lipinski definition) is 4. The molecule has 0 aromatic carbocycles. The molecule has 1 rings (SSSR count). The Morgan fingerprint density at radius 2 is 2.11 bits per heavy atom. The monoisotopic (exact) mass is 267 g/mol. The van der Waals surface area contributed by atoms with Crippen molar-refractivity contribution in [1.29, 1.82) is 5.26 Å². The number of amides is 1. The largest absolute Gasteiger partial charge is 0.390 e. The van der Waals surface area contributed by atoms with Crippen LogP contribution in [0.15, 0.2) is 0 Å². The zero-order chi connectivity index (χ0) is 14.5. The molecule has 1 saturated heterocycles. The number of hydrogen-bond donors (Lipinski definition) is 2. The van der Waals surface area contributed by atoms with Gasteiger partial charge in [-0.2, -0.15) is 5.26 Å². The Labute approximate surface area is 115 Å². The maximum atomic E-state index is 11.7. The van der Waals surface area contributed by atoms with Crippen LogP contribution in [0.4, 0.5) is 0 Å². The van der Waals surface area contributed by atoms with Gasteiger partial charge in [0.2, 0.25) is 5.91 Å². The van der Waals surface area contributed by atoms with Gasteiger partial charge in [0.15, 0.2) is 0 Å². The summed E-state index contributed by atoms with van der Waals surface area (Å²) in [6, 6.07) is 1.95. The average molecular weight is 267 g/mol. The van der Waals surface area contributed by atoms with Crippen LogP contribution in [-0.4, -0.2) is 48.2 Å². The maximum absolute atomic E-state index is 11.7. The quantitative estimate of drug-likeness (QED) is 0.770. The molecule has 0 bridgehead atoms. The van der Waals surface area contributed by atoms with E-state index in [2.05, 4.69) is 17.1 Å². The van der Waals surface area contributed by atoms with E-state index < -0.39 is 11.5 Å². The van der Waals surface area contributed by atoms with Gasteiger partial charge in [0, 0.05) is 13.1 Å². The van der Waals surface area contributed by atoms with E-state index in [0.29, 0.717) is 6.54 Å². The molecular formula is C14H25N3O2. The summed E-state index contributed by atoms with van der Waals surface area (Å²) in [5.74, 6) is 0.436. The van der Waals surface area contributed by atoms with Crippen molar-refractivity contribution in [3.8, 4) is 6.07 Å². The predicted molar refractivity (Wildman–Crippen MR) is 73.2 cm³/mol. The number of carbonyl (C=O) groups is 1. The first kappa shape index (κ1) is 15.9. The van der Waals surface area contributed by atoms with E-state index in [1.807, 2.05) is 6.07 Å². The molecule has 0 spiro atoms. The van der Waals surface area contributed by atoms with Crippen LogP contribution in [0.25, 0.3) is 0 Å². The minimum absolute atomic E-state index is 0.204. The minimum atomic E-state index is -1.04. The number of aliphatic hydroxyl groups is 1. The fraction of sp³-hybridized carbons (Fsp3) is 0.857. The number of β-amino-alcohol motifs (C(OH)–C–C–N with tert-alkyl or cyclic N) is 1. The lowest BCUT2D eigenvalue weighted by atomic mass is 9.95. The van der Waals surface area contributed by atoms with Gasteiger partial charge < -0.3 is 15.3 Å². The van der Waals surface area contributed by atoms with Crippen molar-refractivity contribution < 1.29 is 9.90 Å². The van der Waals surface area contributed by atoms with Crippen molar-refractivity contribution in [1.82, 2.24) is 10.2 Å². The van der Waals surface area contributed by atoms with E-state index in [1.165, 1.54) is 12.8 Å². The number of aliphatic hydroxyl groups excluding tert-OH is 1. The first-order chi connectivity index (χ1) is 8.85. The van der Waals surface area contributed by atoms with Crippen LogP contribution in [-0.2, 0) is 4.79 Å². The van der Waals surface area contributed by atoms with Crippen LogP contribution in [0.5, 0.6) is 0 Å². The Kier molecular flexibility index (Phi) is 5.77. The van der Waals surface area contributed by atoms with Crippen molar-refractivity contribution in [2.24, 2.45) is 11.3 Å². The molecule has 1 aliphatic rings. The van der Waals surface area contributed by atoms with Crippen LogP contribution in [0.2, 0.25) is 0 Å². The number of likely N-dealkylation sites (tertiary alicyclic amines) is 1. The van der Waals surface area contributed by atoms with Gasteiger partial charge in [-0.25, -0.2) is 0 Å². The van der Waals surface area contributed by atoms with Crippen molar-refractivity contribution in [3.05, 3.63) is 0 Å². The number of rotatable bonds is 5. The van der Waals surface area contributed by atoms with Gasteiger partial charge in [-0.15, -0.1) is 0 Å². The van der Waals surface area contributed by atoms with E-state index in [0.717, 1.165) is 19.0 Å². The number of nitriles is 1. The fourth-order valence-corrected chi connectivity index (χ4v) is 2.09. The van der Waals surface area contributed by atoms with Gasteiger partial charge in [-0.1, -0.05) is 6.92 Å². The third-order valence-corrected chi connectivity index (χ3v) is 3.69. The van der Waals surface area contributed by atoms with Gasteiger partial charge >= 0.3 is 0 Å². The molecule has 0 aromatic rings. The Hall–Kier alpha value is -1.12. The summed E-state index contributed by atoms with van der Waals surface area (Å²) in [6.45, 7) is 8.20. The Balaban J connectivity index is 2.27. The number of nitrogens with one attached hydrogen (secondary N) is 1. The summed E-state index contributed by atoms with van der Waals surface area (Å²) in [7, 11) is 0. The summed E-state index contributed by atoms with van der Waals surface area (Å²) in [5.41, 5.74) is -1.04. The van der Waals surface area contributed by atoms with Crippen LogP contribution in [0, 0.1) is 22.7 Å². The van der Waals surface area contributed by atoms with Gasteiger partial charge in [0.05, 0.1) is 12.2 Å². The minimum Gasteiger partial charge on any atom is -0.390 e. The second-order valence-corrected chi connectivity index (χ2v) is 6.08. The van der Waals surface area contributed by atoms with Gasteiger partial charge in [0.1, 0.15) is 5.41 Å². The van der Waals surface area contributed by atoms with E-state index in [4.69, 9.17) is 5.26 Å². The highest BCUT2D eigenvalue weighted by atomic mass is 16.3. The SMILES string of the molecule is CC1CCN(CC(O)CNC(=O)C(C)(C)C#N)CC1. The second-order valence-electron chi connectivity index (χ2n) is 6.08. The molecule has 108 valence electrons. The molecule has 0 aromatic heterocycles. The molecule has 1 heterocycles. The molecule has 1 fully saturated rings. The molecule has 19 heavy (non-hydrogen) atoms. The predicted octanol–water partition coefficient (Wildman–Crippen LogP) is 0.745. The number of carbonyl (C=O) groups excluding carboxylic acids is 1. The summed E-state index contributed by atoms with van der Waals surface area (Å²) in [6.07, 6.45) is 1.76. The molecule has 0 radical (unpaired) electrons. The molecule has 1 unspecified atom stereocenters. The van der Waals surface area contributed by atoms with Crippen LogP contribution in [0.1, 0.15) is 33.6 Å². The van der Waals surface area contributed by atoms with E-state index in [-0.39, 0.29) is 12.5 Å². The molecule has 2 N–H and O–H groups in total. The molecular weight excluding hydrogens is 242 g/mol. The lowest BCUT2D eigenvalue weighted by molar-refractivity contribution is -0.127. The Morgan fingerprint density at radius 3 is 2.63 bits per heavy atom. The summed E-state index contributed by atoms with van der Waals surface area (Å²) in [4.78, 5) is 13.9. The van der Waals surface area contributed by atoms with E-state index in [1.54, 1.807) is 13.8 Å². The van der Waals surface area contributed by atoms with Gasteiger partial charge in [-0.05, 0) is 45.7 Å². The lowest BCUT2D eigenvalue weighted by Crippen LogP contribution is -2.45. The highest BCUT2D eigenvalue weighted by Gasteiger charge is 2.27. The molecule has 0 saturated carbocycles. The number of nitrogens with zero attached hydrogens (tertiary/aromatic N) is 2. The van der Waals surface area contributed by atoms with Crippen molar-refractivity contribution in [3.63, 3.8) is 0 Å². The second kappa shape index (κ2) is 6.88. The summed E-state index contributed by atoms with van der Waals surface area (Å²) in [5, 5.41) is 21.4. The molecule has 0 aliphatic carbocycles. The average Bonchev–Trinajstić information content (AvgIpc) is 2.38. The third-order valence-electron chi connectivity index (χ3n) is 3.69. The molecule has 1 atom stereocenters. The highest BCUT2D eigenvalue weighted by Crippen LogP contribution is 2.16. The lowest BCUT2D eigenvalue weighted by Gasteiger charge is -2.31. The zero-order valence-electron chi connectivity index (χ0n) is 12.1. The molecule has 5 nitrogen and oxygen atoms in total. The van der Waals surface area contributed by atoms with E-state index >= 15 is 0 Å². The Morgan fingerprint density at radius 1 is 1.53 bits per heavy atom. The summed E-state index contributed by atoms with van der Waals surface area (Å²) < 4.78 is 0. The first-order valence-corrected chi connectivity index (χ1v) is 6.95. The topological polar surface area (TPSA) is 76.4 Å². The first-order valence-electron chi connectivity index (χ1n) is 6.95. The third kappa shape index (κ3) is 5.17. The standard InChI is InChI=1S/C14H25N3O2/c1-11-4-6-17(7-5-11)9-12(18)8-16-13(19)14(2,3)10-15/h11-12,18H,4-9H2,1-3H3,(H,16,19). The van der Waals surface area contributed by atoms with Crippen molar-refractivity contribution >= 4 is 5.91 Å². The van der Waals surface area contributed by atoms with E-state index in [9.17, 15) is 9.90 Å². The smallest absolute Gasteiger partial charge is 0.239 e. The van der Waals surface area contributed by atoms with Gasteiger partial charge in [0.25, 0.3) is 0 Å². The number of piperidine rings is 1. The van der Waals surface area contributed by atoms with Crippen molar-refractivity contribution in [2.45, 2.75) is 39.7 Å². The molecule has 1 amide bonds. The van der Waals surface area contributed by atoms with Gasteiger partial charge in [-0.3, -0.25) is 4.79 Å². The maximum Gasteiger partial charge on any atom is 0.239 e. The molecule has 5 heteroatoms. The zero-order valence-corrected chi connectivity index (χ0v) is 12.1. The summed E-state index contributed by atoms with van der Waals surface area (Å²) >= 11 is 0. The Bertz CT molecular complexity index is 341. The fourth-order valence-electron chi connectivity index (χ4n) is 2.09. The molecule has 1 aliphatic heterocycles.